The number of nitrogens with zero attached hydrogens (tertiary/aromatic N) is 1. The van der Waals surface area contributed by atoms with Crippen molar-refractivity contribution in [1.29, 1.82) is 0 Å². The van der Waals surface area contributed by atoms with Crippen molar-refractivity contribution in [2.45, 2.75) is 84.5 Å². The number of allylic oxidation sites excluding steroid dienone is 1. The van der Waals surface area contributed by atoms with Crippen molar-refractivity contribution in [3.8, 4) is 0 Å². The Morgan fingerprint density at radius 2 is 1.87 bits per heavy atom. The van der Waals surface area contributed by atoms with E-state index >= 15 is 0 Å². The SMILES string of the molecule is C=CC(C)CCC[C@@H](C)[C@H](CC(=O)OC(C)(C)C)C(=O)N1C[C@H](O)C[C@H]1C(=O)OC. The summed E-state index contributed by atoms with van der Waals surface area (Å²) in [5.41, 5.74) is -0.647. The van der Waals surface area contributed by atoms with Gasteiger partial charge in [0.2, 0.25) is 5.91 Å². The van der Waals surface area contributed by atoms with Gasteiger partial charge in [-0.15, -0.1) is 6.58 Å². The van der Waals surface area contributed by atoms with Crippen molar-refractivity contribution in [3.05, 3.63) is 12.7 Å². The van der Waals surface area contributed by atoms with Gasteiger partial charge >= 0.3 is 11.9 Å². The second-order valence-corrected chi connectivity index (χ2v) is 9.44. The van der Waals surface area contributed by atoms with Crippen LogP contribution in [-0.2, 0) is 23.9 Å². The molecule has 1 rings (SSSR count). The van der Waals surface area contributed by atoms with E-state index in [0.717, 1.165) is 19.3 Å². The van der Waals surface area contributed by atoms with Gasteiger partial charge in [0.1, 0.15) is 11.6 Å². The van der Waals surface area contributed by atoms with E-state index in [2.05, 4.69) is 13.5 Å². The molecule has 1 N–H and O–H groups in total. The van der Waals surface area contributed by atoms with E-state index in [1.807, 2.05) is 13.0 Å². The largest absolute Gasteiger partial charge is 0.467 e. The number of carbonyl (C=O) groups is 3. The van der Waals surface area contributed by atoms with Gasteiger partial charge in [-0.3, -0.25) is 9.59 Å². The minimum atomic E-state index is -0.827. The molecular weight excluding hydrogens is 386 g/mol. The molecule has 1 aliphatic rings. The first kappa shape index (κ1) is 26.1. The molecule has 5 atom stereocenters. The zero-order chi connectivity index (χ0) is 23.1. The molecule has 1 amide bonds. The van der Waals surface area contributed by atoms with Crippen molar-refractivity contribution >= 4 is 17.8 Å². The van der Waals surface area contributed by atoms with Crippen molar-refractivity contribution in [2.24, 2.45) is 17.8 Å². The topological polar surface area (TPSA) is 93.1 Å². The molecule has 0 bridgehead atoms. The summed E-state index contributed by atoms with van der Waals surface area (Å²) in [5, 5.41) is 10.0. The molecule has 0 spiro atoms. The van der Waals surface area contributed by atoms with Gasteiger partial charge in [0.25, 0.3) is 0 Å². The average Bonchev–Trinajstić information content (AvgIpc) is 3.04. The van der Waals surface area contributed by atoms with Gasteiger partial charge in [0, 0.05) is 13.0 Å². The molecule has 0 radical (unpaired) electrons. The lowest BCUT2D eigenvalue weighted by atomic mass is 9.84. The standard InChI is InChI=1S/C23H39NO6/c1-8-15(2)10-9-11-16(3)18(13-20(26)30-23(4,5)6)21(27)24-14-17(25)12-19(24)22(28)29-7/h8,15-19,25H,1,9-14H2,2-7H3/t15?,16-,17-,18+,19+/m1/s1. The minimum absolute atomic E-state index is 0.0592. The highest BCUT2D eigenvalue weighted by Gasteiger charge is 2.43. The van der Waals surface area contributed by atoms with E-state index in [1.165, 1.54) is 12.0 Å². The molecule has 30 heavy (non-hydrogen) atoms. The number of β-amino-alcohol motifs (C(OH)–C–C–N with tert-alkyl or cyclic N) is 1. The Bertz CT molecular complexity index is 611. The van der Waals surface area contributed by atoms with Gasteiger partial charge in [-0.25, -0.2) is 4.79 Å². The van der Waals surface area contributed by atoms with Crippen LogP contribution in [0.5, 0.6) is 0 Å². The summed E-state index contributed by atoms with van der Waals surface area (Å²) in [6.07, 6.45) is 3.81. The molecule has 0 saturated carbocycles. The van der Waals surface area contributed by atoms with Crippen LogP contribution in [0.25, 0.3) is 0 Å². The number of carbonyl (C=O) groups excluding carboxylic acids is 3. The third-order valence-corrected chi connectivity index (χ3v) is 5.57. The number of esters is 2. The monoisotopic (exact) mass is 425 g/mol. The molecule has 1 heterocycles. The van der Waals surface area contributed by atoms with E-state index in [-0.39, 0.29) is 31.2 Å². The molecule has 0 aromatic carbocycles. The number of amides is 1. The maximum Gasteiger partial charge on any atom is 0.328 e. The average molecular weight is 426 g/mol. The smallest absolute Gasteiger partial charge is 0.328 e. The molecule has 0 aromatic heterocycles. The second-order valence-electron chi connectivity index (χ2n) is 9.44. The normalized spacial score (nSPS) is 22.2. The maximum absolute atomic E-state index is 13.4. The van der Waals surface area contributed by atoms with Crippen molar-refractivity contribution in [2.75, 3.05) is 13.7 Å². The summed E-state index contributed by atoms with van der Waals surface area (Å²) in [7, 11) is 1.26. The maximum atomic E-state index is 13.4. The van der Waals surface area contributed by atoms with Crippen molar-refractivity contribution in [3.63, 3.8) is 0 Å². The number of rotatable bonds is 10. The summed E-state index contributed by atoms with van der Waals surface area (Å²) < 4.78 is 10.3. The number of likely N-dealkylation sites (tertiary alicyclic amines) is 1. The fourth-order valence-electron chi connectivity index (χ4n) is 3.81. The Balaban J connectivity index is 2.99. The minimum Gasteiger partial charge on any atom is -0.467 e. The van der Waals surface area contributed by atoms with Crippen LogP contribution in [0, 0.1) is 17.8 Å². The third-order valence-electron chi connectivity index (χ3n) is 5.57. The Kier molecular flexibility index (Phi) is 10.0. The summed E-state index contributed by atoms with van der Waals surface area (Å²) in [4.78, 5) is 39.4. The number of hydrogen-bond donors (Lipinski definition) is 1. The number of hydrogen-bond acceptors (Lipinski definition) is 6. The highest BCUT2D eigenvalue weighted by molar-refractivity contribution is 5.89. The first-order chi connectivity index (χ1) is 13.9. The predicted molar refractivity (Wildman–Crippen MR) is 114 cm³/mol. The molecule has 1 saturated heterocycles. The fourth-order valence-corrected chi connectivity index (χ4v) is 3.81. The third kappa shape index (κ3) is 8.09. The fraction of sp³-hybridized carbons (Fsp3) is 0.783. The number of ether oxygens (including phenoxy) is 2. The molecule has 0 aliphatic carbocycles. The summed E-state index contributed by atoms with van der Waals surface area (Å²) >= 11 is 0. The van der Waals surface area contributed by atoms with E-state index in [0.29, 0.717) is 5.92 Å². The van der Waals surface area contributed by atoms with Crippen molar-refractivity contribution < 1.29 is 29.0 Å². The first-order valence-corrected chi connectivity index (χ1v) is 10.8. The van der Waals surface area contributed by atoms with Crippen LogP contribution in [0.3, 0.4) is 0 Å². The van der Waals surface area contributed by atoms with Crippen LogP contribution in [-0.4, -0.2) is 59.3 Å². The highest BCUT2D eigenvalue weighted by atomic mass is 16.6. The molecule has 1 aliphatic heterocycles. The van der Waals surface area contributed by atoms with Gasteiger partial charge < -0.3 is 19.5 Å². The Morgan fingerprint density at radius 1 is 1.23 bits per heavy atom. The van der Waals surface area contributed by atoms with Crippen LogP contribution in [0.2, 0.25) is 0 Å². The van der Waals surface area contributed by atoms with Crippen LogP contribution >= 0.6 is 0 Å². The molecule has 1 fully saturated rings. The van der Waals surface area contributed by atoms with Crippen molar-refractivity contribution in [1.82, 2.24) is 4.90 Å². The lowest BCUT2D eigenvalue weighted by Gasteiger charge is -2.31. The molecule has 7 heteroatoms. The summed E-state index contributed by atoms with van der Waals surface area (Å²) in [6.45, 7) is 13.2. The zero-order valence-electron chi connectivity index (χ0n) is 19.3. The zero-order valence-corrected chi connectivity index (χ0v) is 19.3. The van der Waals surface area contributed by atoms with Gasteiger partial charge in [-0.05, 0) is 45.4 Å². The van der Waals surface area contributed by atoms with Gasteiger partial charge in [-0.2, -0.15) is 0 Å². The Labute approximate surface area is 180 Å². The summed E-state index contributed by atoms with van der Waals surface area (Å²) in [6, 6.07) is -0.827. The van der Waals surface area contributed by atoms with Gasteiger partial charge in [0.05, 0.1) is 25.6 Å². The van der Waals surface area contributed by atoms with Crippen LogP contribution in [0.1, 0.15) is 66.7 Å². The predicted octanol–water partition coefficient (Wildman–Crippen LogP) is 3.10. The second kappa shape index (κ2) is 11.5. The highest BCUT2D eigenvalue weighted by Crippen LogP contribution is 2.30. The molecule has 1 unspecified atom stereocenters. The summed E-state index contributed by atoms with van der Waals surface area (Å²) in [5.74, 6) is -1.63. The lowest BCUT2D eigenvalue weighted by molar-refractivity contribution is -0.160. The van der Waals surface area contributed by atoms with Gasteiger partial charge in [-0.1, -0.05) is 26.3 Å². The van der Waals surface area contributed by atoms with Crippen LogP contribution < -0.4 is 0 Å². The lowest BCUT2D eigenvalue weighted by Crippen LogP contribution is -2.46. The molecule has 7 nitrogen and oxygen atoms in total. The molecule has 172 valence electrons. The quantitative estimate of drug-likeness (QED) is 0.427. The van der Waals surface area contributed by atoms with E-state index < -0.39 is 35.6 Å². The van der Waals surface area contributed by atoms with E-state index in [4.69, 9.17) is 9.47 Å². The van der Waals surface area contributed by atoms with E-state index in [9.17, 15) is 19.5 Å². The Morgan fingerprint density at radius 3 is 2.40 bits per heavy atom. The molecule has 0 aromatic rings. The number of methoxy groups -OCH3 is 1. The van der Waals surface area contributed by atoms with Crippen LogP contribution in [0.15, 0.2) is 12.7 Å². The first-order valence-electron chi connectivity index (χ1n) is 10.8. The van der Waals surface area contributed by atoms with Crippen LogP contribution in [0.4, 0.5) is 0 Å². The van der Waals surface area contributed by atoms with E-state index in [1.54, 1.807) is 20.8 Å². The Hall–Kier alpha value is -1.89. The van der Waals surface area contributed by atoms with Gasteiger partial charge in [0.15, 0.2) is 0 Å². The molecular formula is C23H39NO6. The number of aliphatic hydroxyl groups excluding tert-OH is 1. The number of aliphatic hydroxyl groups is 1.